The molecule has 0 saturated carbocycles. The fraction of sp³-hybridized carbons (Fsp3) is 0.412. The van der Waals surface area contributed by atoms with E-state index in [1.54, 1.807) is 10.7 Å². The predicted molar refractivity (Wildman–Crippen MR) is 98.6 cm³/mol. The van der Waals surface area contributed by atoms with Crippen LogP contribution in [0.25, 0.3) is 11.0 Å². The van der Waals surface area contributed by atoms with Gasteiger partial charge in [-0.15, -0.1) is 5.10 Å². The van der Waals surface area contributed by atoms with Gasteiger partial charge >= 0.3 is 5.63 Å². The van der Waals surface area contributed by atoms with E-state index < -0.39 is 0 Å². The fourth-order valence-electron chi connectivity index (χ4n) is 3.01. The predicted octanol–water partition coefficient (Wildman–Crippen LogP) is 3.21. The van der Waals surface area contributed by atoms with E-state index in [2.05, 4.69) is 15.5 Å². The third kappa shape index (κ3) is 3.62. The molecule has 1 aromatic carbocycles. The van der Waals surface area contributed by atoms with Crippen LogP contribution in [0.5, 0.6) is 0 Å². The molecule has 1 aliphatic rings. The van der Waals surface area contributed by atoms with Gasteiger partial charge in [0.15, 0.2) is 0 Å². The van der Waals surface area contributed by atoms with Crippen molar-refractivity contribution in [1.82, 2.24) is 20.2 Å². The molecule has 1 atom stereocenters. The molecule has 0 amide bonds. The average Bonchev–Trinajstić information content (AvgIpc) is 3.27. The van der Waals surface area contributed by atoms with E-state index in [0.717, 1.165) is 36.0 Å². The van der Waals surface area contributed by atoms with Gasteiger partial charge in [0.1, 0.15) is 5.58 Å². The van der Waals surface area contributed by atoms with E-state index in [0.29, 0.717) is 28.1 Å². The minimum atomic E-state index is -0.381. The van der Waals surface area contributed by atoms with Crippen LogP contribution < -0.4 is 5.63 Å². The number of tetrazole rings is 1. The molecular formula is C17H17ClN4O3S. The Balaban J connectivity index is 1.58. The van der Waals surface area contributed by atoms with Crippen molar-refractivity contribution in [3.05, 3.63) is 44.8 Å². The van der Waals surface area contributed by atoms with Crippen molar-refractivity contribution >= 4 is 34.3 Å². The van der Waals surface area contributed by atoms with Crippen molar-refractivity contribution in [2.75, 3.05) is 6.61 Å². The van der Waals surface area contributed by atoms with Gasteiger partial charge in [0.25, 0.3) is 0 Å². The third-order valence-electron chi connectivity index (χ3n) is 4.37. The summed E-state index contributed by atoms with van der Waals surface area (Å²) in [7, 11) is 0. The Bertz CT molecular complexity index is 997. The normalized spacial score (nSPS) is 17.2. The van der Waals surface area contributed by atoms with Gasteiger partial charge in [-0.1, -0.05) is 23.4 Å². The highest BCUT2D eigenvalue weighted by atomic mass is 35.5. The fourth-order valence-corrected chi connectivity index (χ4v) is 4.05. The Morgan fingerprint density at radius 1 is 1.38 bits per heavy atom. The minimum Gasteiger partial charge on any atom is -0.423 e. The minimum absolute atomic E-state index is 0.157. The van der Waals surface area contributed by atoms with Gasteiger partial charge in [-0.25, -0.2) is 9.48 Å². The SMILES string of the molecule is Cc1cc2oc(=O)cc(CSc3nnnn3CC3CCCO3)c2cc1Cl. The molecule has 1 fully saturated rings. The number of aryl methyl sites for hydroxylation is 1. The van der Waals surface area contributed by atoms with Gasteiger partial charge in [0, 0.05) is 28.8 Å². The molecule has 0 radical (unpaired) electrons. The Kier molecular flexibility index (Phi) is 4.97. The zero-order chi connectivity index (χ0) is 18.1. The molecular weight excluding hydrogens is 376 g/mol. The van der Waals surface area contributed by atoms with E-state index in [1.807, 2.05) is 13.0 Å². The van der Waals surface area contributed by atoms with Crippen LogP contribution in [0.3, 0.4) is 0 Å². The molecule has 136 valence electrons. The van der Waals surface area contributed by atoms with E-state index in [4.69, 9.17) is 20.8 Å². The first kappa shape index (κ1) is 17.5. The zero-order valence-electron chi connectivity index (χ0n) is 14.1. The van der Waals surface area contributed by atoms with Crippen molar-refractivity contribution < 1.29 is 9.15 Å². The van der Waals surface area contributed by atoms with E-state index in [1.165, 1.54) is 17.8 Å². The van der Waals surface area contributed by atoms with Crippen LogP contribution in [0.1, 0.15) is 24.0 Å². The van der Waals surface area contributed by atoms with Crippen LogP contribution in [0.2, 0.25) is 5.02 Å². The molecule has 0 N–H and O–H groups in total. The maximum atomic E-state index is 11.9. The van der Waals surface area contributed by atoms with E-state index >= 15 is 0 Å². The lowest BCUT2D eigenvalue weighted by atomic mass is 10.1. The monoisotopic (exact) mass is 392 g/mol. The summed E-state index contributed by atoms with van der Waals surface area (Å²) >= 11 is 7.71. The average molecular weight is 393 g/mol. The van der Waals surface area contributed by atoms with Gasteiger partial charge in [0.05, 0.1) is 12.6 Å². The molecule has 2 aromatic heterocycles. The Labute approximate surface area is 158 Å². The van der Waals surface area contributed by atoms with E-state index in [-0.39, 0.29) is 11.7 Å². The molecule has 9 heteroatoms. The number of hydrogen-bond acceptors (Lipinski definition) is 7. The third-order valence-corrected chi connectivity index (χ3v) is 5.78. The first-order valence-corrected chi connectivity index (χ1v) is 9.70. The number of nitrogens with zero attached hydrogens (tertiary/aromatic N) is 4. The van der Waals surface area contributed by atoms with Gasteiger partial charge < -0.3 is 9.15 Å². The van der Waals surface area contributed by atoms with Gasteiger partial charge in [-0.3, -0.25) is 0 Å². The topological polar surface area (TPSA) is 83.0 Å². The van der Waals surface area contributed by atoms with Crippen molar-refractivity contribution in [2.24, 2.45) is 0 Å². The van der Waals surface area contributed by atoms with Crippen LogP contribution in [-0.4, -0.2) is 32.9 Å². The molecule has 0 spiro atoms. The van der Waals surface area contributed by atoms with Crippen LogP contribution in [0, 0.1) is 6.92 Å². The second-order valence-electron chi connectivity index (χ2n) is 6.26. The zero-order valence-corrected chi connectivity index (χ0v) is 15.7. The van der Waals surface area contributed by atoms with Gasteiger partial charge in [0.2, 0.25) is 5.16 Å². The Morgan fingerprint density at radius 3 is 3.08 bits per heavy atom. The highest BCUT2D eigenvalue weighted by molar-refractivity contribution is 7.98. The van der Waals surface area contributed by atoms with Crippen LogP contribution in [0.4, 0.5) is 0 Å². The molecule has 3 heterocycles. The van der Waals surface area contributed by atoms with Crippen LogP contribution in [0.15, 0.2) is 32.6 Å². The van der Waals surface area contributed by atoms with Gasteiger partial charge in [-0.2, -0.15) is 0 Å². The van der Waals surface area contributed by atoms with Crippen molar-refractivity contribution in [2.45, 2.75) is 43.3 Å². The number of benzene rings is 1. The number of hydrogen-bond donors (Lipinski definition) is 0. The standard InChI is InChI=1S/C17H17ClN4O3S/c1-10-5-15-13(7-14(10)18)11(6-16(23)25-15)9-26-17-19-20-21-22(17)8-12-3-2-4-24-12/h5-7,12H,2-4,8-9H2,1H3. The van der Waals surface area contributed by atoms with Crippen LogP contribution >= 0.6 is 23.4 Å². The number of halogens is 1. The quantitative estimate of drug-likeness (QED) is 0.487. The van der Waals surface area contributed by atoms with Crippen LogP contribution in [-0.2, 0) is 17.0 Å². The number of fused-ring (bicyclic) bond motifs is 1. The molecule has 1 unspecified atom stereocenters. The van der Waals surface area contributed by atoms with Crippen molar-refractivity contribution in [1.29, 1.82) is 0 Å². The first-order chi connectivity index (χ1) is 12.6. The lowest BCUT2D eigenvalue weighted by molar-refractivity contribution is 0.0912. The molecule has 0 aliphatic carbocycles. The largest absolute Gasteiger partial charge is 0.423 e. The molecule has 1 aliphatic heterocycles. The number of aromatic nitrogens is 4. The maximum Gasteiger partial charge on any atom is 0.336 e. The molecule has 7 nitrogen and oxygen atoms in total. The second kappa shape index (κ2) is 7.38. The molecule has 26 heavy (non-hydrogen) atoms. The maximum absolute atomic E-state index is 11.9. The van der Waals surface area contributed by atoms with Crippen molar-refractivity contribution in [3.8, 4) is 0 Å². The summed E-state index contributed by atoms with van der Waals surface area (Å²) < 4.78 is 12.7. The highest BCUT2D eigenvalue weighted by Crippen LogP contribution is 2.29. The smallest absolute Gasteiger partial charge is 0.336 e. The molecule has 0 bridgehead atoms. The molecule has 3 aromatic rings. The summed E-state index contributed by atoms with van der Waals surface area (Å²) in [6.45, 7) is 3.31. The van der Waals surface area contributed by atoms with Crippen molar-refractivity contribution in [3.63, 3.8) is 0 Å². The molecule has 1 saturated heterocycles. The summed E-state index contributed by atoms with van der Waals surface area (Å²) in [4.78, 5) is 11.9. The Hall–Kier alpha value is -1.90. The highest BCUT2D eigenvalue weighted by Gasteiger charge is 2.19. The Morgan fingerprint density at radius 2 is 2.27 bits per heavy atom. The number of ether oxygens (including phenoxy) is 1. The first-order valence-electron chi connectivity index (χ1n) is 8.33. The summed E-state index contributed by atoms with van der Waals surface area (Å²) in [5, 5.41) is 14.1. The van der Waals surface area contributed by atoms with Gasteiger partial charge in [-0.05, 0) is 53.5 Å². The number of rotatable bonds is 5. The summed E-state index contributed by atoms with van der Waals surface area (Å²) in [6.07, 6.45) is 2.25. The van der Waals surface area contributed by atoms with E-state index in [9.17, 15) is 4.79 Å². The summed E-state index contributed by atoms with van der Waals surface area (Å²) in [5.74, 6) is 0.535. The second-order valence-corrected chi connectivity index (χ2v) is 7.61. The summed E-state index contributed by atoms with van der Waals surface area (Å²) in [5.41, 5.74) is 1.87. The summed E-state index contributed by atoms with van der Waals surface area (Å²) in [6, 6.07) is 5.12. The lowest BCUT2D eigenvalue weighted by Gasteiger charge is -2.10. The molecule has 4 rings (SSSR count). The lowest BCUT2D eigenvalue weighted by Crippen LogP contribution is -2.16. The number of thioether (sulfide) groups is 1.